The van der Waals surface area contributed by atoms with Crippen LogP contribution in [0.25, 0.3) is 0 Å². The molecule has 0 amide bonds. The third kappa shape index (κ3) is 3.27. The molecule has 0 fully saturated rings. The van der Waals surface area contributed by atoms with Crippen molar-refractivity contribution in [2.75, 3.05) is 0 Å². The summed E-state index contributed by atoms with van der Waals surface area (Å²) in [6, 6.07) is 0.655. The number of alkyl halides is 6. The van der Waals surface area contributed by atoms with Crippen molar-refractivity contribution in [3.63, 3.8) is 0 Å². The Kier molecular flexibility index (Phi) is 3.78. The second kappa shape index (κ2) is 4.66. The van der Waals surface area contributed by atoms with E-state index >= 15 is 0 Å². The summed E-state index contributed by atoms with van der Waals surface area (Å²) in [6.45, 7) is 0. The van der Waals surface area contributed by atoms with Gasteiger partial charge in [-0.05, 0) is 24.5 Å². The average Bonchev–Trinajstić information content (AvgIpc) is 2.25. The summed E-state index contributed by atoms with van der Waals surface area (Å²) in [5, 5.41) is 0. The Morgan fingerprint density at radius 2 is 1.33 bits per heavy atom. The fraction of sp³-hybridized carbons (Fsp3) is 0.300. The zero-order valence-corrected chi connectivity index (χ0v) is 8.69. The van der Waals surface area contributed by atoms with Gasteiger partial charge in [0, 0.05) is 5.56 Å². The third-order valence-electron chi connectivity index (χ3n) is 2.10. The maximum absolute atomic E-state index is 12.4. The van der Waals surface area contributed by atoms with Crippen LogP contribution in [0.4, 0.5) is 26.3 Å². The van der Waals surface area contributed by atoms with Crippen LogP contribution < -0.4 is 0 Å². The van der Waals surface area contributed by atoms with Crippen LogP contribution in [0.5, 0.6) is 0 Å². The van der Waals surface area contributed by atoms with Crippen LogP contribution in [-0.4, -0.2) is 13.6 Å². The second-order valence-electron chi connectivity index (χ2n) is 3.42. The van der Waals surface area contributed by atoms with E-state index in [-0.39, 0.29) is 6.07 Å². The highest BCUT2D eigenvalue weighted by molar-refractivity contribution is 6.24. The smallest absolute Gasteiger partial charge is 0.295 e. The van der Waals surface area contributed by atoms with Crippen LogP contribution in [0.15, 0.2) is 18.2 Å². The molecule has 0 aromatic heterocycles. The number of rotatable bonds is 2. The first-order chi connectivity index (χ1) is 8.05. The summed E-state index contributed by atoms with van der Waals surface area (Å²) in [7, 11) is 4.91. The number of ketones is 1. The van der Waals surface area contributed by atoms with Gasteiger partial charge in [0.25, 0.3) is 0 Å². The van der Waals surface area contributed by atoms with Gasteiger partial charge in [0.15, 0.2) is 5.78 Å². The lowest BCUT2D eigenvalue weighted by molar-refractivity contribution is -0.143. The molecular weight excluding hydrogens is 261 g/mol. The van der Waals surface area contributed by atoms with Gasteiger partial charge in [-0.2, -0.15) is 26.3 Å². The van der Waals surface area contributed by atoms with E-state index in [4.69, 9.17) is 7.85 Å². The molecule has 0 aliphatic heterocycles. The number of carbonyl (C=O) groups is 1. The van der Waals surface area contributed by atoms with Crippen molar-refractivity contribution in [3.8, 4) is 0 Å². The van der Waals surface area contributed by atoms with E-state index in [0.29, 0.717) is 12.1 Å². The van der Waals surface area contributed by atoms with Crippen LogP contribution in [0.1, 0.15) is 21.5 Å². The summed E-state index contributed by atoms with van der Waals surface area (Å²) < 4.78 is 74.4. The van der Waals surface area contributed by atoms with Gasteiger partial charge in [-0.3, -0.25) is 4.79 Å². The Morgan fingerprint density at radius 3 is 1.61 bits per heavy atom. The Hall–Kier alpha value is -1.47. The number of halogens is 6. The second-order valence-corrected chi connectivity index (χ2v) is 3.42. The van der Waals surface area contributed by atoms with Gasteiger partial charge in [0.2, 0.25) is 0 Å². The first-order valence-electron chi connectivity index (χ1n) is 4.58. The van der Waals surface area contributed by atoms with Crippen LogP contribution in [-0.2, 0) is 12.4 Å². The average molecular weight is 266 g/mol. The lowest BCUT2D eigenvalue weighted by atomic mass is 9.93. The van der Waals surface area contributed by atoms with Crippen LogP contribution in [0, 0.1) is 0 Å². The number of Topliss-reactive ketones (excluding diaryl/α,β-unsaturated/α-hetero) is 1. The number of carbonyl (C=O) groups excluding carboxylic acids is 1. The standard InChI is InChI=1S/C10H5BF6O/c11-4-8(18)5-1-6(9(12,13)14)3-7(2-5)10(15,16)17/h1-3H,4H2. The van der Waals surface area contributed by atoms with Gasteiger partial charge < -0.3 is 0 Å². The van der Waals surface area contributed by atoms with Crippen molar-refractivity contribution in [2.24, 2.45) is 0 Å². The summed E-state index contributed by atoms with van der Waals surface area (Å²) >= 11 is 0. The molecule has 0 unspecified atom stereocenters. The van der Waals surface area contributed by atoms with Crippen molar-refractivity contribution < 1.29 is 31.1 Å². The molecule has 8 heteroatoms. The third-order valence-corrected chi connectivity index (χ3v) is 2.10. The number of benzene rings is 1. The molecule has 0 atom stereocenters. The largest absolute Gasteiger partial charge is 0.416 e. The van der Waals surface area contributed by atoms with Gasteiger partial charge in [-0.1, -0.05) is 0 Å². The highest BCUT2D eigenvalue weighted by Crippen LogP contribution is 2.36. The molecular formula is C10H5BF6O. The Morgan fingerprint density at radius 1 is 0.944 bits per heavy atom. The van der Waals surface area contributed by atoms with Crippen molar-refractivity contribution in [1.29, 1.82) is 0 Å². The Balaban J connectivity index is 3.44. The molecule has 0 saturated heterocycles. The number of hydrogen-bond donors (Lipinski definition) is 0. The first kappa shape index (κ1) is 14.6. The summed E-state index contributed by atoms with van der Waals surface area (Å²) in [5.74, 6) is -0.994. The van der Waals surface area contributed by atoms with Crippen LogP contribution in [0.3, 0.4) is 0 Å². The molecule has 1 aromatic carbocycles. The zero-order valence-electron chi connectivity index (χ0n) is 8.69. The molecule has 0 spiro atoms. The molecule has 2 radical (unpaired) electrons. The number of hydrogen-bond acceptors (Lipinski definition) is 1. The van der Waals surface area contributed by atoms with Crippen molar-refractivity contribution in [3.05, 3.63) is 34.9 Å². The molecule has 0 aliphatic carbocycles. The molecule has 1 nitrogen and oxygen atoms in total. The van der Waals surface area contributed by atoms with Gasteiger partial charge >= 0.3 is 12.4 Å². The van der Waals surface area contributed by atoms with Crippen molar-refractivity contribution >= 4 is 13.6 Å². The molecule has 96 valence electrons. The van der Waals surface area contributed by atoms with E-state index in [9.17, 15) is 31.1 Å². The molecule has 18 heavy (non-hydrogen) atoms. The van der Waals surface area contributed by atoms with E-state index in [2.05, 4.69) is 0 Å². The minimum Gasteiger partial charge on any atom is -0.295 e. The highest BCUT2D eigenvalue weighted by Gasteiger charge is 2.37. The molecule has 1 rings (SSSR count). The normalized spacial score (nSPS) is 12.6. The molecule has 0 saturated carbocycles. The van der Waals surface area contributed by atoms with Crippen LogP contribution >= 0.6 is 0 Å². The molecule has 0 N–H and O–H groups in total. The summed E-state index contributed by atoms with van der Waals surface area (Å²) in [5.41, 5.74) is -3.78. The lowest BCUT2D eigenvalue weighted by Gasteiger charge is -2.13. The van der Waals surface area contributed by atoms with Gasteiger partial charge in [0.1, 0.15) is 0 Å². The fourth-order valence-electron chi connectivity index (χ4n) is 1.23. The van der Waals surface area contributed by atoms with E-state index in [1.54, 1.807) is 0 Å². The SMILES string of the molecule is [B]CC(=O)c1cc(C(F)(F)F)cc(C(F)(F)F)c1. The quantitative estimate of drug-likeness (QED) is 0.455. The Labute approximate surface area is 99.2 Å². The van der Waals surface area contributed by atoms with Gasteiger partial charge in [-0.15, -0.1) is 0 Å². The summed E-state index contributed by atoms with van der Waals surface area (Å²) in [4.78, 5) is 11.1. The molecule has 1 aromatic rings. The predicted octanol–water partition coefficient (Wildman–Crippen LogP) is 3.49. The molecule has 0 heterocycles. The predicted molar refractivity (Wildman–Crippen MR) is 51.3 cm³/mol. The topological polar surface area (TPSA) is 17.1 Å². The fourth-order valence-corrected chi connectivity index (χ4v) is 1.23. The van der Waals surface area contributed by atoms with E-state index < -0.39 is 41.1 Å². The first-order valence-corrected chi connectivity index (χ1v) is 4.58. The Bertz CT molecular complexity index is 430. The van der Waals surface area contributed by atoms with E-state index in [1.807, 2.05) is 0 Å². The monoisotopic (exact) mass is 266 g/mol. The summed E-state index contributed by atoms with van der Waals surface area (Å²) in [6.07, 6.45) is -10.6. The van der Waals surface area contributed by atoms with Crippen LogP contribution in [0.2, 0.25) is 6.32 Å². The highest BCUT2D eigenvalue weighted by atomic mass is 19.4. The van der Waals surface area contributed by atoms with Gasteiger partial charge in [-0.25, -0.2) is 0 Å². The molecule has 0 aliphatic rings. The maximum Gasteiger partial charge on any atom is 0.416 e. The zero-order chi connectivity index (χ0) is 14.1. The maximum atomic E-state index is 12.4. The molecule has 0 bridgehead atoms. The lowest BCUT2D eigenvalue weighted by Crippen LogP contribution is -2.13. The minimum absolute atomic E-state index is 0.0483. The van der Waals surface area contributed by atoms with Crippen molar-refractivity contribution in [1.82, 2.24) is 0 Å². The van der Waals surface area contributed by atoms with Crippen molar-refractivity contribution in [2.45, 2.75) is 18.7 Å². The van der Waals surface area contributed by atoms with E-state index in [1.165, 1.54) is 0 Å². The van der Waals surface area contributed by atoms with E-state index in [0.717, 1.165) is 0 Å². The van der Waals surface area contributed by atoms with Gasteiger partial charge in [0.05, 0.1) is 19.0 Å². The minimum atomic E-state index is -4.97.